The van der Waals surface area contributed by atoms with Gasteiger partial charge in [-0.15, -0.1) is 0 Å². The number of non-ortho nitro benzene ring substituents is 1. The summed E-state index contributed by atoms with van der Waals surface area (Å²) in [6.07, 6.45) is 0. The monoisotopic (exact) mass is 644 g/mol. The quantitative estimate of drug-likeness (QED) is 0.0510. The Hall–Kier alpha value is -6.87. The highest BCUT2D eigenvalue weighted by Gasteiger charge is 2.22. The average Bonchev–Trinajstić information content (AvgIpc) is 3.46. The van der Waals surface area contributed by atoms with Gasteiger partial charge < -0.3 is 14.3 Å². The Balaban J connectivity index is 1.44. The summed E-state index contributed by atoms with van der Waals surface area (Å²) in [5.41, 5.74) is 6.02. The number of para-hydroxylation sites is 2. The Labute approximate surface area is 281 Å². The third kappa shape index (κ3) is 6.04. The van der Waals surface area contributed by atoms with Gasteiger partial charge in [0, 0.05) is 63.7 Å². The fourth-order valence-electron chi connectivity index (χ4n) is 5.96. The van der Waals surface area contributed by atoms with E-state index in [2.05, 4.69) is 16.1 Å². The van der Waals surface area contributed by atoms with Crippen LogP contribution in [0.2, 0.25) is 0 Å². The Kier molecular flexibility index (Phi) is 8.22. The van der Waals surface area contributed by atoms with Crippen LogP contribution in [0.15, 0.2) is 157 Å². The molecule has 9 heteroatoms. The van der Waals surface area contributed by atoms with Gasteiger partial charge >= 0.3 is 5.97 Å². The summed E-state index contributed by atoms with van der Waals surface area (Å²) in [4.78, 5) is 43.7. The first-order valence-electron chi connectivity index (χ1n) is 15.5. The highest BCUT2D eigenvalue weighted by atomic mass is 16.7. The number of Topliss-reactive ketones (excluding diaryl/α,β-unsaturated/α-hetero) is 1. The second kappa shape index (κ2) is 13.1. The number of hydrogen-bond acceptors (Lipinski definition) is 7. The third-order valence-electron chi connectivity index (χ3n) is 8.15. The van der Waals surface area contributed by atoms with Crippen LogP contribution in [0.3, 0.4) is 0 Å². The minimum Gasteiger partial charge on any atom is -0.318 e. The van der Waals surface area contributed by atoms with Crippen LogP contribution in [0.4, 0.5) is 22.7 Å². The van der Waals surface area contributed by atoms with Crippen molar-refractivity contribution in [3.05, 3.63) is 173 Å². The van der Waals surface area contributed by atoms with Crippen LogP contribution in [0.5, 0.6) is 0 Å². The van der Waals surface area contributed by atoms with Crippen LogP contribution in [-0.4, -0.2) is 27.0 Å². The van der Waals surface area contributed by atoms with E-state index >= 15 is 0 Å². The van der Waals surface area contributed by atoms with E-state index in [1.807, 2.05) is 89.5 Å². The van der Waals surface area contributed by atoms with E-state index < -0.39 is 16.7 Å². The molecule has 0 saturated carbocycles. The number of aromatic nitrogens is 1. The highest BCUT2D eigenvalue weighted by molar-refractivity contribution is 6.51. The van der Waals surface area contributed by atoms with Gasteiger partial charge in [-0.3, -0.25) is 14.9 Å². The Morgan fingerprint density at radius 3 is 1.86 bits per heavy atom. The first-order valence-corrected chi connectivity index (χ1v) is 15.5. The van der Waals surface area contributed by atoms with Crippen LogP contribution in [0.25, 0.3) is 27.5 Å². The molecule has 0 saturated heterocycles. The van der Waals surface area contributed by atoms with Gasteiger partial charge in [-0.25, -0.2) is 4.79 Å². The summed E-state index contributed by atoms with van der Waals surface area (Å²) in [6, 6.07) is 46.8. The molecule has 0 aliphatic rings. The van der Waals surface area contributed by atoms with Gasteiger partial charge in [0.1, 0.15) is 0 Å². The number of fused-ring (bicyclic) bond motifs is 3. The van der Waals surface area contributed by atoms with Gasteiger partial charge in [0.05, 0.1) is 16.0 Å². The molecule has 0 aliphatic carbocycles. The molecule has 0 unspecified atom stereocenters. The van der Waals surface area contributed by atoms with E-state index in [-0.39, 0.29) is 11.4 Å². The molecule has 0 amide bonds. The standard InChI is InChI=1S/C40H28N4O5/c1-27(45)49-41-39(28-11-5-2-6-12-28)40(46)29-17-24-37-36(25-29)35-23-22-34(26-38(35)43(37)32-18-20-33(21-19-32)44(47)48)42(30-13-7-3-8-14-30)31-15-9-4-10-16-31/h2-26H,1H3. The lowest BCUT2D eigenvalue weighted by molar-refractivity contribution is -0.384. The maximum atomic E-state index is 14.0. The van der Waals surface area contributed by atoms with Crippen molar-refractivity contribution in [3.8, 4) is 5.69 Å². The Morgan fingerprint density at radius 2 is 1.27 bits per heavy atom. The van der Waals surface area contributed by atoms with Gasteiger partial charge in [-0.1, -0.05) is 78.0 Å². The molecule has 0 bridgehead atoms. The number of carbonyl (C=O) groups is 2. The van der Waals surface area contributed by atoms with Gasteiger partial charge in [0.15, 0.2) is 5.71 Å². The topological polar surface area (TPSA) is 107 Å². The average molecular weight is 645 g/mol. The number of benzene rings is 6. The zero-order valence-corrected chi connectivity index (χ0v) is 26.3. The summed E-state index contributed by atoms with van der Waals surface area (Å²) in [5, 5.41) is 17.1. The zero-order chi connectivity index (χ0) is 33.9. The van der Waals surface area contributed by atoms with Crippen molar-refractivity contribution in [3.63, 3.8) is 0 Å². The third-order valence-corrected chi connectivity index (χ3v) is 8.15. The molecule has 9 nitrogen and oxygen atoms in total. The molecule has 0 radical (unpaired) electrons. The SMILES string of the molecule is CC(=O)ON=C(C(=O)c1ccc2c(c1)c1ccc(N(c3ccccc3)c3ccccc3)cc1n2-c1ccc([N+](=O)[O-])cc1)c1ccccc1. The van der Waals surface area contributed by atoms with Crippen LogP contribution in [0, 0.1) is 10.1 Å². The van der Waals surface area contributed by atoms with E-state index in [1.165, 1.54) is 19.1 Å². The number of carbonyl (C=O) groups excluding carboxylic acids is 2. The van der Waals surface area contributed by atoms with Crippen molar-refractivity contribution in [2.24, 2.45) is 5.16 Å². The van der Waals surface area contributed by atoms with Gasteiger partial charge in [0.25, 0.3) is 5.69 Å². The van der Waals surface area contributed by atoms with E-state index in [4.69, 9.17) is 4.84 Å². The van der Waals surface area contributed by atoms with E-state index in [0.29, 0.717) is 16.8 Å². The summed E-state index contributed by atoms with van der Waals surface area (Å²) in [6.45, 7) is 1.22. The Morgan fingerprint density at radius 1 is 0.653 bits per heavy atom. The van der Waals surface area contributed by atoms with Gasteiger partial charge in [-0.05, 0) is 66.7 Å². The molecule has 0 aliphatic heterocycles. The largest absolute Gasteiger partial charge is 0.332 e. The number of hydrogen-bond donors (Lipinski definition) is 0. The maximum absolute atomic E-state index is 14.0. The molecule has 49 heavy (non-hydrogen) atoms. The number of anilines is 3. The normalized spacial score (nSPS) is 11.4. The molecular formula is C40H28N4O5. The lowest BCUT2D eigenvalue weighted by atomic mass is 9.99. The van der Waals surface area contributed by atoms with E-state index in [1.54, 1.807) is 48.5 Å². The van der Waals surface area contributed by atoms with Crippen LogP contribution < -0.4 is 4.90 Å². The second-order valence-electron chi connectivity index (χ2n) is 11.3. The minimum absolute atomic E-state index is 0.00194. The first-order chi connectivity index (χ1) is 23.9. The first kappa shape index (κ1) is 30.8. The lowest BCUT2D eigenvalue weighted by Crippen LogP contribution is -2.17. The van der Waals surface area contributed by atoms with Crippen LogP contribution in [-0.2, 0) is 9.63 Å². The summed E-state index contributed by atoms with van der Waals surface area (Å²) < 4.78 is 2.03. The Bertz CT molecular complexity index is 2330. The number of nitro benzene ring substituents is 1. The van der Waals surface area contributed by atoms with Crippen molar-refractivity contribution in [2.45, 2.75) is 6.92 Å². The smallest absolute Gasteiger partial charge is 0.318 e. The number of nitro groups is 1. The molecule has 0 atom stereocenters. The fraction of sp³-hybridized carbons (Fsp3) is 0.0250. The predicted molar refractivity (Wildman–Crippen MR) is 191 cm³/mol. The summed E-state index contributed by atoms with van der Waals surface area (Å²) >= 11 is 0. The molecule has 0 fully saturated rings. The van der Waals surface area contributed by atoms with Crippen molar-refractivity contribution < 1.29 is 19.3 Å². The molecule has 1 aromatic heterocycles. The number of rotatable bonds is 9. The molecule has 7 rings (SSSR count). The van der Waals surface area contributed by atoms with Crippen molar-refractivity contribution in [1.82, 2.24) is 4.57 Å². The van der Waals surface area contributed by atoms with E-state index in [0.717, 1.165) is 38.9 Å². The highest BCUT2D eigenvalue weighted by Crippen LogP contribution is 2.40. The van der Waals surface area contributed by atoms with Crippen molar-refractivity contribution in [2.75, 3.05) is 4.90 Å². The fourth-order valence-corrected chi connectivity index (χ4v) is 5.96. The number of ketones is 1. The predicted octanol–water partition coefficient (Wildman–Crippen LogP) is 9.31. The molecule has 1 heterocycles. The number of nitrogens with zero attached hydrogens (tertiary/aromatic N) is 4. The zero-order valence-electron chi connectivity index (χ0n) is 26.3. The summed E-state index contributed by atoms with van der Waals surface area (Å²) in [5.74, 6) is -1.06. The van der Waals surface area contributed by atoms with Gasteiger partial charge in [0.2, 0.25) is 5.78 Å². The summed E-state index contributed by atoms with van der Waals surface area (Å²) in [7, 11) is 0. The second-order valence-corrected chi connectivity index (χ2v) is 11.3. The van der Waals surface area contributed by atoms with Gasteiger partial charge in [-0.2, -0.15) is 0 Å². The van der Waals surface area contributed by atoms with Crippen molar-refractivity contribution >= 4 is 62.0 Å². The molecular weight excluding hydrogens is 616 g/mol. The maximum Gasteiger partial charge on any atom is 0.332 e. The molecule has 238 valence electrons. The molecule has 0 N–H and O–H groups in total. The molecule has 7 aromatic rings. The van der Waals surface area contributed by atoms with E-state index in [9.17, 15) is 19.7 Å². The van der Waals surface area contributed by atoms with Crippen LogP contribution >= 0.6 is 0 Å². The van der Waals surface area contributed by atoms with Crippen molar-refractivity contribution in [1.29, 1.82) is 0 Å². The lowest BCUT2D eigenvalue weighted by Gasteiger charge is -2.25. The molecule has 6 aromatic carbocycles. The molecule has 0 spiro atoms. The number of oxime groups is 1. The minimum atomic E-state index is -0.640. The van der Waals surface area contributed by atoms with Crippen LogP contribution in [0.1, 0.15) is 22.8 Å².